The summed E-state index contributed by atoms with van der Waals surface area (Å²) < 4.78 is 13.8. The molecule has 0 aliphatic carbocycles. The predicted molar refractivity (Wildman–Crippen MR) is 299 cm³/mol. The number of para-hydroxylation sites is 1. The highest BCUT2D eigenvalue weighted by Gasteiger charge is 2.29. The Kier molecular flexibility index (Phi) is 12.2. The van der Waals surface area contributed by atoms with E-state index >= 15 is 0 Å². The van der Waals surface area contributed by atoms with Gasteiger partial charge in [0.15, 0.2) is 0 Å². The van der Waals surface area contributed by atoms with Gasteiger partial charge < -0.3 is 4.74 Å². The van der Waals surface area contributed by atoms with Crippen LogP contribution in [-0.2, 0) is 21.7 Å². The maximum absolute atomic E-state index is 7.10. The number of hydrogen-bond donors (Lipinski definition) is 0. The van der Waals surface area contributed by atoms with Gasteiger partial charge in [0.2, 0.25) is 0 Å². The van der Waals surface area contributed by atoms with E-state index in [1.807, 2.05) is 6.20 Å². The highest BCUT2D eigenvalue weighted by Crippen LogP contribution is 2.41. The van der Waals surface area contributed by atoms with Crippen molar-refractivity contribution in [3.05, 3.63) is 234 Å². The Balaban J connectivity index is 1.12. The fourth-order valence-corrected chi connectivity index (χ4v) is 10.3. The molecule has 7 aromatic carbocycles. The van der Waals surface area contributed by atoms with Gasteiger partial charge in [-0.2, -0.15) is 0 Å². The molecule has 0 aliphatic heterocycles. The average Bonchev–Trinajstić information content (AvgIpc) is 3.98. The van der Waals surface area contributed by atoms with Crippen LogP contribution in [0, 0.1) is 6.33 Å². The molecular weight excluding hydrogens is 877 g/mol. The zero-order chi connectivity index (χ0) is 50.7. The van der Waals surface area contributed by atoms with Gasteiger partial charge in [-0.25, -0.2) is 4.98 Å². The highest BCUT2D eigenvalue weighted by molar-refractivity contribution is 6.09. The van der Waals surface area contributed by atoms with Gasteiger partial charge in [0.05, 0.1) is 28.1 Å². The van der Waals surface area contributed by atoms with Gasteiger partial charge in [-0.15, -0.1) is 0 Å². The van der Waals surface area contributed by atoms with Gasteiger partial charge in [-0.1, -0.05) is 192 Å². The summed E-state index contributed by atoms with van der Waals surface area (Å²) in [6.07, 6.45) is 8.08. The van der Waals surface area contributed by atoms with E-state index in [9.17, 15) is 0 Å². The molecule has 362 valence electrons. The summed E-state index contributed by atoms with van der Waals surface area (Å²) in [5.74, 6) is 2.66. The monoisotopic (exact) mass is 945 g/mol. The van der Waals surface area contributed by atoms with E-state index in [1.54, 1.807) is 0 Å². The van der Waals surface area contributed by atoms with Crippen LogP contribution in [0.3, 0.4) is 0 Å². The van der Waals surface area contributed by atoms with Crippen LogP contribution < -0.4 is 9.30 Å². The summed E-state index contributed by atoms with van der Waals surface area (Å²) in [6.45, 7) is 27.5. The lowest BCUT2D eigenvalue weighted by Gasteiger charge is -2.30. The Bertz CT molecular complexity index is 3590. The molecule has 0 fully saturated rings. The number of hydrogen-bond acceptors (Lipinski definition) is 2. The molecule has 0 bridgehead atoms. The second kappa shape index (κ2) is 18.3. The first-order valence-corrected chi connectivity index (χ1v) is 25.5. The number of fused-ring (bicyclic) bond motifs is 3. The highest BCUT2D eigenvalue weighted by atomic mass is 16.5. The minimum absolute atomic E-state index is 0.0792. The molecule has 0 radical (unpaired) electrons. The van der Waals surface area contributed by atoms with Crippen molar-refractivity contribution in [3.8, 4) is 39.8 Å². The lowest BCUT2D eigenvalue weighted by Crippen LogP contribution is -2.39. The Morgan fingerprint density at radius 1 is 0.514 bits per heavy atom. The van der Waals surface area contributed by atoms with E-state index in [1.165, 1.54) is 38.9 Å². The maximum atomic E-state index is 7.10. The molecule has 0 aliphatic rings. The summed E-state index contributed by atoms with van der Waals surface area (Å²) in [5.41, 5.74) is 14.4. The van der Waals surface area contributed by atoms with Crippen molar-refractivity contribution in [2.24, 2.45) is 0 Å². The van der Waals surface area contributed by atoms with Gasteiger partial charge >= 0.3 is 0 Å². The predicted octanol–water partition coefficient (Wildman–Crippen LogP) is 16.9. The first-order chi connectivity index (χ1) is 34.3. The number of pyridine rings is 1. The van der Waals surface area contributed by atoms with Crippen LogP contribution in [-0.4, -0.2) is 14.1 Å². The molecule has 0 unspecified atom stereocenters. The third-order valence-electron chi connectivity index (χ3n) is 14.9. The van der Waals surface area contributed by atoms with Gasteiger partial charge in [0.1, 0.15) is 17.3 Å². The van der Waals surface area contributed by atoms with Crippen LogP contribution in [0.5, 0.6) is 11.5 Å². The number of benzene rings is 7. The molecule has 0 saturated carbocycles. The fraction of sp³-hybridized carbons (Fsp3) is 0.254. The van der Waals surface area contributed by atoms with Gasteiger partial charge in [-0.05, 0) is 122 Å². The molecule has 0 amide bonds. The molecule has 0 atom stereocenters. The van der Waals surface area contributed by atoms with Crippen molar-refractivity contribution >= 4 is 21.8 Å². The molecule has 5 nitrogen and oxygen atoms in total. The summed E-state index contributed by atoms with van der Waals surface area (Å²) in [7, 11) is 0. The van der Waals surface area contributed by atoms with E-state index in [-0.39, 0.29) is 21.7 Å². The second-order valence-corrected chi connectivity index (χ2v) is 23.1. The van der Waals surface area contributed by atoms with Crippen LogP contribution in [0.2, 0.25) is 0 Å². The number of ether oxygens (including phenoxy) is 1. The van der Waals surface area contributed by atoms with Crippen LogP contribution in [0.25, 0.3) is 50.1 Å². The van der Waals surface area contributed by atoms with E-state index in [2.05, 4.69) is 285 Å². The largest absolute Gasteiger partial charge is 0.458 e. The average molecular weight is 945 g/mol. The van der Waals surface area contributed by atoms with Crippen LogP contribution >= 0.6 is 0 Å². The normalized spacial score (nSPS) is 12.6. The molecule has 72 heavy (non-hydrogen) atoms. The number of imidazole rings is 1. The summed E-state index contributed by atoms with van der Waals surface area (Å²) in [6, 6.07) is 63.5. The maximum Gasteiger partial charge on any atom is 0.269 e. The zero-order valence-electron chi connectivity index (χ0n) is 44.2. The quantitative estimate of drug-likeness (QED) is 0.0957. The molecule has 10 rings (SSSR count). The second-order valence-electron chi connectivity index (χ2n) is 23.1. The van der Waals surface area contributed by atoms with Crippen molar-refractivity contribution in [2.45, 2.75) is 111 Å². The lowest BCUT2D eigenvalue weighted by atomic mass is 9.75. The molecule has 0 N–H and O–H groups in total. The molecule has 0 saturated heterocycles. The van der Waals surface area contributed by atoms with E-state index in [0.29, 0.717) is 5.92 Å². The van der Waals surface area contributed by atoms with Crippen molar-refractivity contribution in [1.29, 1.82) is 0 Å². The Hall–Kier alpha value is -7.50. The first kappa shape index (κ1) is 48.1. The van der Waals surface area contributed by atoms with E-state index in [4.69, 9.17) is 9.72 Å². The fourth-order valence-electron chi connectivity index (χ4n) is 10.3. The number of nitrogens with zero attached hydrogens (tertiary/aromatic N) is 4. The van der Waals surface area contributed by atoms with Crippen LogP contribution in [0.4, 0.5) is 0 Å². The smallest absolute Gasteiger partial charge is 0.269 e. The summed E-state index contributed by atoms with van der Waals surface area (Å²) in [5, 5.41) is 2.30. The molecule has 5 heteroatoms. The van der Waals surface area contributed by atoms with Gasteiger partial charge in [0.25, 0.3) is 6.33 Å². The topological polar surface area (TPSA) is 35.9 Å². The lowest BCUT2D eigenvalue weighted by molar-refractivity contribution is -0.611. The Labute approximate surface area is 427 Å². The number of aromatic nitrogens is 4. The van der Waals surface area contributed by atoms with Crippen molar-refractivity contribution in [2.75, 3.05) is 0 Å². The van der Waals surface area contributed by atoms with Crippen molar-refractivity contribution < 1.29 is 9.30 Å². The SMILES string of the molecule is CC(C)c1ccccc1-c1cc(Oc2ccc3c4ccccc4n(-c4cc(C(C)(C)c5ccccc5)ccn4)c3c2)cc(-n2[c-][n+](-c3cc(C(C)(C)C)cc(C(C)(C)c4ccccc4)c3)c(C(C)(C)C)c2)c1. The van der Waals surface area contributed by atoms with Gasteiger partial charge in [0, 0.05) is 40.1 Å². The summed E-state index contributed by atoms with van der Waals surface area (Å²) in [4.78, 5) is 5.02. The molecular formula is C67H68N4O. The Morgan fingerprint density at radius 3 is 1.82 bits per heavy atom. The third-order valence-corrected chi connectivity index (χ3v) is 14.9. The molecule has 3 heterocycles. The first-order valence-electron chi connectivity index (χ1n) is 25.5. The minimum atomic E-state index is -0.232. The molecule has 10 aromatic rings. The summed E-state index contributed by atoms with van der Waals surface area (Å²) >= 11 is 0. The minimum Gasteiger partial charge on any atom is -0.458 e. The van der Waals surface area contributed by atoms with Crippen LogP contribution in [0.15, 0.2) is 188 Å². The van der Waals surface area contributed by atoms with Gasteiger partial charge in [-0.3, -0.25) is 13.7 Å². The zero-order valence-corrected chi connectivity index (χ0v) is 44.2. The van der Waals surface area contributed by atoms with Crippen LogP contribution in [0.1, 0.15) is 128 Å². The Morgan fingerprint density at radius 2 is 1.14 bits per heavy atom. The van der Waals surface area contributed by atoms with E-state index < -0.39 is 0 Å². The third kappa shape index (κ3) is 9.06. The van der Waals surface area contributed by atoms with Crippen molar-refractivity contribution in [1.82, 2.24) is 14.1 Å². The van der Waals surface area contributed by atoms with Crippen molar-refractivity contribution in [3.63, 3.8) is 0 Å². The molecule has 0 spiro atoms. The standard InChI is InChI=1S/C67H68N4O/c1-45(2)56-27-19-20-28-57(56)46-35-52(69-43-62(65(6,7)8)70(44-69)53-38-50(64(3,4)5)37-51(39-53)67(11,12)48-25-17-14-18-26-48)41-55(36-46)72-54-31-32-59-58-29-21-22-30-60(58)71(61(59)42-54)63-40-49(33-34-68-63)66(9,10)47-23-15-13-16-24-47/h13-43,45H,1-12H3. The van der Waals surface area contributed by atoms with E-state index in [0.717, 1.165) is 61.8 Å². The number of rotatable bonds is 11. The molecule has 3 aromatic heterocycles.